The fraction of sp³-hybridized carbons (Fsp3) is 0.400. The Morgan fingerprint density at radius 3 is 2.89 bits per heavy atom. The zero-order chi connectivity index (χ0) is 19.7. The minimum atomic E-state index is -0.0802. The molecule has 1 aliphatic rings. The number of aryl methyl sites for hydroxylation is 2. The Labute approximate surface area is 168 Å². The molecule has 0 bridgehead atoms. The van der Waals surface area contributed by atoms with E-state index in [0.717, 1.165) is 17.0 Å². The van der Waals surface area contributed by atoms with Gasteiger partial charge in [-0.1, -0.05) is 30.0 Å². The van der Waals surface area contributed by atoms with Crippen LogP contribution in [0.25, 0.3) is 5.78 Å². The lowest BCUT2D eigenvalue weighted by Gasteiger charge is -2.13. The quantitative estimate of drug-likeness (QED) is 0.596. The van der Waals surface area contributed by atoms with Crippen LogP contribution >= 0.6 is 11.8 Å². The Bertz CT molecular complexity index is 1010. The number of nitrogens with zero attached hydrogens (tertiary/aromatic N) is 4. The largest absolute Gasteiger partial charge is 0.350 e. The van der Waals surface area contributed by atoms with Crippen molar-refractivity contribution in [1.82, 2.24) is 24.9 Å². The van der Waals surface area contributed by atoms with E-state index in [1.54, 1.807) is 4.52 Å². The van der Waals surface area contributed by atoms with Gasteiger partial charge in [-0.15, -0.1) is 5.10 Å². The fourth-order valence-electron chi connectivity index (χ4n) is 3.22. The summed E-state index contributed by atoms with van der Waals surface area (Å²) in [6.45, 7) is 4.44. The second-order valence-corrected chi connectivity index (χ2v) is 8.24. The Hall–Kier alpha value is -2.45. The maximum atomic E-state index is 12.6. The van der Waals surface area contributed by atoms with E-state index in [4.69, 9.17) is 5.73 Å². The normalized spacial score (nSPS) is 15.0. The van der Waals surface area contributed by atoms with Crippen molar-refractivity contribution in [2.45, 2.75) is 43.6 Å². The molecule has 0 saturated heterocycles. The molecule has 2 heterocycles. The number of rotatable bonds is 7. The number of nitrogens with one attached hydrogen (secondary N) is 1. The van der Waals surface area contributed by atoms with E-state index < -0.39 is 0 Å². The van der Waals surface area contributed by atoms with Gasteiger partial charge < -0.3 is 11.1 Å². The minimum Gasteiger partial charge on any atom is -0.350 e. The highest BCUT2D eigenvalue weighted by molar-refractivity contribution is 7.98. The number of thioether (sulfide) groups is 1. The standard InChI is InChI=1S/C20H24N6OS/c1-12-9-13(2)26-19(23-12)24-20(25-26)28-11-15-5-3-4-6-16(15)18(27)22-10-17(21)14-7-8-14/h3-6,9,14,17H,7-8,10-11,21H2,1-2H3,(H,22,27). The van der Waals surface area contributed by atoms with E-state index in [1.165, 1.54) is 24.6 Å². The Morgan fingerprint density at radius 2 is 2.11 bits per heavy atom. The number of nitrogens with two attached hydrogens (primary N) is 1. The molecule has 1 unspecified atom stereocenters. The zero-order valence-corrected chi connectivity index (χ0v) is 16.9. The molecule has 1 amide bonds. The number of hydrogen-bond acceptors (Lipinski definition) is 6. The number of carbonyl (C=O) groups is 1. The number of aromatic nitrogens is 4. The van der Waals surface area contributed by atoms with Crippen LogP contribution in [0.5, 0.6) is 0 Å². The number of amides is 1. The van der Waals surface area contributed by atoms with E-state index in [9.17, 15) is 4.79 Å². The van der Waals surface area contributed by atoms with Crippen molar-refractivity contribution in [1.29, 1.82) is 0 Å². The predicted octanol–water partition coefficient (Wildman–Crippen LogP) is 2.50. The summed E-state index contributed by atoms with van der Waals surface area (Å²) in [5.74, 6) is 1.68. The lowest BCUT2D eigenvalue weighted by atomic mass is 10.1. The van der Waals surface area contributed by atoms with Crippen molar-refractivity contribution in [2.24, 2.45) is 11.7 Å². The van der Waals surface area contributed by atoms with Crippen molar-refractivity contribution in [3.8, 4) is 0 Å². The van der Waals surface area contributed by atoms with Crippen LogP contribution in [0.3, 0.4) is 0 Å². The minimum absolute atomic E-state index is 0.0480. The third-order valence-electron chi connectivity index (χ3n) is 4.94. The first-order chi connectivity index (χ1) is 13.5. The number of carbonyl (C=O) groups excluding carboxylic acids is 1. The molecule has 7 nitrogen and oxygen atoms in total. The monoisotopic (exact) mass is 396 g/mol. The Balaban J connectivity index is 1.45. The SMILES string of the molecule is Cc1cc(C)n2nc(SCc3ccccc3C(=O)NCC(N)C3CC3)nc2n1. The summed E-state index contributed by atoms with van der Waals surface area (Å²) in [7, 11) is 0. The second kappa shape index (κ2) is 7.89. The number of benzene rings is 1. The first kappa shape index (κ1) is 18.9. The van der Waals surface area contributed by atoms with Gasteiger partial charge in [-0.2, -0.15) is 4.98 Å². The molecule has 1 saturated carbocycles. The van der Waals surface area contributed by atoms with Crippen LogP contribution in [0.4, 0.5) is 0 Å². The van der Waals surface area contributed by atoms with Crippen LogP contribution in [0, 0.1) is 19.8 Å². The van der Waals surface area contributed by atoms with Gasteiger partial charge in [-0.25, -0.2) is 9.50 Å². The van der Waals surface area contributed by atoms with Crippen LogP contribution in [-0.4, -0.2) is 38.1 Å². The zero-order valence-electron chi connectivity index (χ0n) is 16.1. The third-order valence-corrected chi connectivity index (χ3v) is 5.83. The second-order valence-electron chi connectivity index (χ2n) is 7.30. The molecule has 0 aliphatic heterocycles. The average Bonchev–Trinajstić information content (AvgIpc) is 3.45. The maximum absolute atomic E-state index is 12.6. The van der Waals surface area contributed by atoms with Gasteiger partial charge in [0, 0.05) is 35.3 Å². The van der Waals surface area contributed by atoms with Crippen molar-refractivity contribution < 1.29 is 4.79 Å². The molecule has 146 valence electrons. The Kier molecular flexibility index (Phi) is 5.32. The van der Waals surface area contributed by atoms with Crippen molar-refractivity contribution >= 4 is 23.4 Å². The topological polar surface area (TPSA) is 98.2 Å². The highest BCUT2D eigenvalue weighted by atomic mass is 32.2. The smallest absolute Gasteiger partial charge is 0.253 e. The van der Waals surface area contributed by atoms with E-state index in [2.05, 4.69) is 20.4 Å². The molecule has 1 atom stereocenters. The van der Waals surface area contributed by atoms with Gasteiger partial charge in [-0.05, 0) is 50.3 Å². The van der Waals surface area contributed by atoms with E-state index in [-0.39, 0.29) is 11.9 Å². The molecule has 0 spiro atoms. The van der Waals surface area contributed by atoms with Crippen LogP contribution < -0.4 is 11.1 Å². The lowest BCUT2D eigenvalue weighted by molar-refractivity contribution is 0.0949. The Morgan fingerprint density at radius 1 is 1.32 bits per heavy atom. The highest BCUT2D eigenvalue weighted by Gasteiger charge is 2.28. The summed E-state index contributed by atoms with van der Waals surface area (Å²) >= 11 is 1.50. The van der Waals surface area contributed by atoms with Crippen molar-refractivity contribution in [3.05, 3.63) is 52.8 Å². The molecule has 3 N–H and O–H groups in total. The summed E-state index contributed by atoms with van der Waals surface area (Å²) in [6.07, 6.45) is 2.34. The van der Waals surface area contributed by atoms with Gasteiger partial charge >= 0.3 is 0 Å². The van der Waals surface area contributed by atoms with Gasteiger partial charge in [0.1, 0.15) is 0 Å². The van der Waals surface area contributed by atoms with Crippen LogP contribution in [0.1, 0.15) is 40.2 Å². The highest BCUT2D eigenvalue weighted by Crippen LogP contribution is 2.31. The van der Waals surface area contributed by atoms with Gasteiger partial charge in [-0.3, -0.25) is 4.79 Å². The molecule has 28 heavy (non-hydrogen) atoms. The van der Waals surface area contributed by atoms with Gasteiger partial charge in [0.2, 0.25) is 5.16 Å². The van der Waals surface area contributed by atoms with Gasteiger partial charge in [0.15, 0.2) is 0 Å². The molecule has 1 fully saturated rings. The summed E-state index contributed by atoms with van der Waals surface area (Å²) in [4.78, 5) is 21.5. The number of hydrogen-bond donors (Lipinski definition) is 2. The van der Waals surface area contributed by atoms with Crippen molar-refractivity contribution in [3.63, 3.8) is 0 Å². The molecular weight excluding hydrogens is 372 g/mol. The van der Waals surface area contributed by atoms with Gasteiger partial charge in [0.25, 0.3) is 11.7 Å². The fourth-order valence-corrected chi connectivity index (χ4v) is 4.04. The van der Waals surface area contributed by atoms with E-state index in [1.807, 2.05) is 44.2 Å². The van der Waals surface area contributed by atoms with E-state index >= 15 is 0 Å². The molecule has 2 aromatic heterocycles. The molecule has 8 heteroatoms. The van der Waals surface area contributed by atoms with Crippen LogP contribution in [0.15, 0.2) is 35.5 Å². The molecule has 1 aromatic carbocycles. The van der Waals surface area contributed by atoms with E-state index in [0.29, 0.717) is 34.7 Å². The number of fused-ring (bicyclic) bond motifs is 1. The molecule has 1 aliphatic carbocycles. The molecular formula is C20H24N6OS. The maximum Gasteiger partial charge on any atom is 0.253 e. The third kappa shape index (κ3) is 4.18. The van der Waals surface area contributed by atoms with Crippen molar-refractivity contribution in [2.75, 3.05) is 6.54 Å². The first-order valence-corrected chi connectivity index (χ1v) is 10.5. The summed E-state index contributed by atoms with van der Waals surface area (Å²) in [5.41, 5.74) is 9.63. The molecule has 3 aromatic rings. The predicted molar refractivity (Wildman–Crippen MR) is 109 cm³/mol. The van der Waals surface area contributed by atoms with Crippen LogP contribution in [0.2, 0.25) is 0 Å². The molecule has 4 rings (SSSR count). The summed E-state index contributed by atoms with van der Waals surface area (Å²) < 4.78 is 1.74. The van der Waals surface area contributed by atoms with Crippen LogP contribution in [-0.2, 0) is 5.75 Å². The summed E-state index contributed by atoms with van der Waals surface area (Å²) in [6, 6.07) is 9.65. The van der Waals surface area contributed by atoms with Gasteiger partial charge in [0.05, 0.1) is 0 Å². The lowest BCUT2D eigenvalue weighted by Crippen LogP contribution is -2.38. The molecule has 0 radical (unpaired) electrons. The average molecular weight is 397 g/mol. The first-order valence-electron chi connectivity index (χ1n) is 9.47. The summed E-state index contributed by atoms with van der Waals surface area (Å²) in [5, 5.41) is 8.14.